The summed E-state index contributed by atoms with van der Waals surface area (Å²) in [5.41, 5.74) is 2.10. The van der Waals surface area contributed by atoms with Gasteiger partial charge in [0.1, 0.15) is 0 Å². The number of hydrogen-bond donors (Lipinski definition) is 2. The second-order valence-corrected chi connectivity index (χ2v) is 5.17. The van der Waals surface area contributed by atoms with Gasteiger partial charge >= 0.3 is 0 Å². The number of rotatable bonds is 4. The van der Waals surface area contributed by atoms with Crippen LogP contribution in [0.4, 0.5) is 5.69 Å². The monoisotopic (exact) mass is 286 g/mol. The number of nitrogens with one attached hydrogen (secondary N) is 2. The SMILES string of the molecule is Cc1nc(CCNC2CCc3ccccc3NC2=O)no1. The van der Waals surface area contributed by atoms with Gasteiger partial charge in [0.2, 0.25) is 11.8 Å². The van der Waals surface area contributed by atoms with E-state index in [2.05, 4.69) is 26.8 Å². The van der Waals surface area contributed by atoms with E-state index in [1.807, 2.05) is 18.2 Å². The molecule has 1 unspecified atom stereocenters. The highest BCUT2D eigenvalue weighted by molar-refractivity contribution is 5.96. The molecule has 3 rings (SSSR count). The molecular weight excluding hydrogens is 268 g/mol. The zero-order valence-corrected chi connectivity index (χ0v) is 11.9. The summed E-state index contributed by atoms with van der Waals surface area (Å²) in [5, 5.41) is 10.1. The topological polar surface area (TPSA) is 80.0 Å². The zero-order valence-electron chi connectivity index (χ0n) is 11.9. The number of aryl methyl sites for hydroxylation is 2. The van der Waals surface area contributed by atoms with Crippen molar-refractivity contribution in [3.63, 3.8) is 0 Å². The van der Waals surface area contributed by atoms with Crippen LogP contribution in [-0.2, 0) is 17.6 Å². The number of benzene rings is 1. The minimum Gasteiger partial charge on any atom is -0.340 e. The molecule has 0 radical (unpaired) electrons. The van der Waals surface area contributed by atoms with Crippen LogP contribution in [0.15, 0.2) is 28.8 Å². The molecule has 6 heteroatoms. The van der Waals surface area contributed by atoms with Crippen molar-refractivity contribution in [3.8, 4) is 0 Å². The van der Waals surface area contributed by atoms with Gasteiger partial charge in [-0.25, -0.2) is 0 Å². The first kappa shape index (κ1) is 13.8. The molecule has 1 amide bonds. The van der Waals surface area contributed by atoms with Crippen LogP contribution in [0.25, 0.3) is 0 Å². The van der Waals surface area contributed by atoms with Crippen molar-refractivity contribution in [2.75, 3.05) is 11.9 Å². The molecule has 0 saturated heterocycles. The highest BCUT2D eigenvalue weighted by Crippen LogP contribution is 2.21. The Kier molecular flexibility index (Phi) is 3.96. The van der Waals surface area contributed by atoms with Crippen molar-refractivity contribution in [3.05, 3.63) is 41.5 Å². The van der Waals surface area contributed by atoms with Gasteiger partial charge in [0.05, 0.1) is 6.04 Å². The molecule has 0 saturated carbocycles. The maximum atomic E-state index is 12.2. The predicted octanol–water partition coefficient (Wildman–Crippen LogP) is 1.46. The van der Waals surface area contributed by atoms with Gasteiger partial charge in [-0.05, 0) is 24.5 Å². The second-order valence-electron chi connectivity index (χ2n) is 5.17. The molecule has 1 aliphatic rings. The third kappa shape index (κ3) is 3.28. The van der Waals surface area contributed by atoms with Crippen molar-refractivity contribution in [1.29, 1.82) is 0 Å². The van der Waals surface area contributed by atoms with E-state index in [1.54, 1.807) is 6.92 Å². The Morgan fingerprint density at radius 3 is 3.10 bits per heavy atom. The summed E-state index contributed by atoms with van der Waals surface area (Å²) in [6.45, 7) is 2.41. The van der Waals surface area contributed by atoms with Crippen molar-refractivity contribution in [2.45, 2.75) is 32.2 Å². The van der Waals surface area contributed by atoms with Crippen molar-refractivity contribution in [2.24, 2.45) is 0 Å². The zero-order chi connectivity index (χ0) is 14.7. The highest BCUT2D eigenvalue weighted by Gasteiger charge is 2.22. The van der Waals surface area contributed by atoms with Crippen LogP contribution in [0.3, 0.4) is 0 Å². The molecule has 1 aliphatic heterocycles. The molecule has 2 heterocycles. The van der Waals surface area contributed by atoms with E-state index in [9.17, 15) is 4.79 Å². The molecule has 2 N–H and O–H groups in total. The molecule has 110 valence electrons. The smallest absolute Gasteiger partial charge is 0.241 e. The minimum absolute atomic E-state index is 0.0178. The Bertz CT molecular complexity index is 638. The van der Waals surface area contributed by atoms with Crippen LogP contribution in [-0.4, -0.2) is 28.6 Å². The summed E-state index contributed by atoms with van der Waals surface area (Å²) in [6.07, 6.45) is 2.32. The molecule has 1 aromatic carbocycles. The van der Waals surface area contributed by atoms with Gasteiger partial charge in [-0.1, -0.05) is 23.4 Å². The average Bonchev–Trinajstić information content (AvgIpc) is 2.81. The number of carbonyl (C=O) groups is 1. The summed E-state index contributed by atoms with van der Waals surface area (Å²) in [4.78, 5) is 16.3. The number of fused-ring (bicyclic) bond motifs is 1. The van der Waals surface area contributed by atoms with Crippen LogP contribution < -0.4 is 10.6 Å². The lowest BCUT2D eigenvalue weighted by atomic mass is 10.1. The van der Waals surface area contributed by atoms with Crippen LogP contribution >= 0.6 is 0 Å². The number of amides is 1. The number of para-hydroxylation sites is 1. The Labute approximate surface area is 122 Å². The third-order valence-electron chi connectivity index (χ3n) is 3.60. The van der Waals surface area contributed by atoms with E-state index in [1.165, 1.54) is 5.56 Å². The quantitative estimate of drug-likeness (QED) is 0.889. The standard InChI is InChI=1S/C15H18N4O2/c1-10-17-14(19-21-10)8-9-16-13-7-6-11-4-2-3-5-12(11)18-15(13)20/h2-5,13,16H,6-9H2,1H3,(H,18,20). The molecule has 0 aliphatic carbocycles. The predicted molar refractivity (Wildman–Crippen MR) is 77.9 cm³/mol. The maximum absolute atomic E-state index is 12.2. The molecule has 0 spiro atoms. The van der Waals surface area contributed by atoms with Crippen LogP contribution in [0, 0.1) is 6.92 Å². The van der Waals surface area contributed by atoms with Crippen LogP contribution in [0.1, 0.15) is 23.7 Å². The van der Waals surface area contributed by atoms with E-state index in [0.29, 0.717) is 24.7 Å². The number of hydrogen-bond acceptors (Lipinski definition) is 5. The van der Waals surface area contributed by atoms with Gasteiger partial charge in [-0.15, -0.1) is 0 Å². The molecular formula is C15H18N4O2. The van der Waals surface area contributed by atoms with Gasteiger partial charge in [-0.3, -0.25) is 4.79 Å². The molecule has 0 fully saturated rings. The van der Waals surface area contributed by atoms with Gasteiger partial charge in [0, 0.05) is 25.6 Å². The Balaban J connectivity index is 1.56. The minimum atomic E-state index is -0.189. The summed E-state index contributed by atoms with van der Waals surface area (Å²) >= 11 is 0. The molecule has 1 atom stereocenters. The lowest BCUT2D eigenvalue weighted by molar-refractivity contribution is -0.118. The van der Waals surface area contributed by atoms with Crippen molar-refractivity contribution >= 4 is 11.6 Å². The summed E-state index contributed by atoms with van der Waals surface area (Å²) in [6, 6.07) is 7.74. The first-order chi connectivity index (χ1) is 10.2. The third-order valence-corrected chi connectivity index (χ3v) is 3.60. The maximum Gasteiger partial charge on any atom is 0.241 e. The fraction of sp³-hybridized carbons (Fsp3) is 0.400. The number of anilines is 1. The van der Waals surface area contributed by atoms with E-state index < -0.39 is 0 Å². The highest BCUT2D eigenvalue weighted by atomic mass is 16.5. The number of carbonyl (C=O) groups excluding carboxylic acids is 1. The summed E-state index contributed by atoms with van der Waals surface area (Å²) in [7, 11) is 0. The molecule has 1 aromatic heterocycles. The largest absolute Gasteiger partial charge is 0.340 e. The fourth-order valence-electron chi connectivity index (χ4n) is 2.51. The molecule has 6 nitrogen and oxygen atoms in total. The van der Waals surface area contributed by atoms with Gasteiger partial charge in [0.15, 0.2) is 5.82 Å². The first-order valence-electron chi connectivity index (χ1n) is 7.14. The Morgan fingerprint density at radius 2 is 2.29 bits per heavy atom. The number of nitrogens with zero attached hydrogens (tertiary/aromatic N) is 2. The Hall–Kier alpha value is -2.21. The molecule has 0 bridgehead atoms. The van der Waals surface area contributed by atoms with Gasteiger partial charge in [-0.2, -0.15) is 4.98 Å². The van der Waals surface area contributed by atoms with E-state index >= 15 is 0 Å². The lowest BCUT2D eigenvalue weighted by Crippen LogP contribution is -2.40. The summed E-state index contributed by atoms with van der Waals surface area (Å²) < 4.78 is 4.92. The first-order valence-corrected chi connectivity index (χ1v) is 7.14. The van der Waals surface area contributed by atoms with Gasteiger partial charge < -0.3 is 15.2 Å². The normalized spacial score (nSPS) is 18.0. The molecule has 21 heavy (non-hydrogen) atoms. The summed E-state index contributed by atoms with van der Waals surface area (Å²) in [5.74, 6) is 1.24. The van der Waals surface area contributed by atoms with Crippen molar-refractivity contribution < 1.29 is 9.32 Å². The molecule has 2 aromatic rings. The Morgan fingerprint density at radius 1 is 1.43 bits per heavy atom. The van der Waals surface area contributed by atoms with Crippen LogP contribution in [0.5, 0.6) is 0 Å². The van der Waals surface area contributed by atoms with E-state index in [4.69, 9.17) is 4.52 Å². The van der Waals surface area contributed by atoms with Crippen molar-refractivity contribution in [1.82, 2.24) is 15.5 Å². The average molecular weight is 286 g/mol. The lowest BCUT2D eigenvalue weighted by Gasteiger charge is -2.14. The van der Waals surface area contributed by atoms with Crippen LogP contribution in [0.2, 0.25) is 0 Å². The fourth-order valence-corrected chi connectivity index (χ4v) is 2.51. The van der Waals surface area contributed by atoms with Gasteiger partial charge in [0.25, 0.3) is 0 Å². The van der Waals surface area contributed by atoms with E-state index in [0.717, 1.165) is 18.5 Å². The van der Waals surface area contributed by atoms with E-state index in [-0.39, 0.29) is 11.9 Å². The number of aromatic nitrogens is 2. The second kappa shape index (κ2) is 6.05.